The molecule has 1 amide bonds. The van der Waals surface area contributed by atoms with Gasteiger partial charge < -0.3 is 19.5 Å². The summed E-state index contributed by atoms with van der Waals surface area (Å²) in [5, 5.41) is 4.71. The lowest BCUT2D eigenvalue weighted by molar-refractivity contribution is -0.147. The number of esters is 1. The van der Waals surface area contributed by atoms with E-state index < -0.39 is 5.79 Å². The van der Waals surface area contributed by atoms with Crippen molar-refractivity contribution in [2.45, 2.75) is 50.7 Å². The Hall–Kier alpha value is -2.54. The standard InChI is InChI=1S/C21H23NO5S/c23-19(14-25-20(24)9-7-16-5-4-12-28-16)22-15-6-8-17-18(13-15)27-21(26-17)10-2-1-3-11-21/h4-6,8,12-13H,1-3,7,9-11,14H2,(H,22,23). The average molecular weight is 401 g/mol. The second-order valence-electron chi connectivity index (χ2n) is 7.13. The Bertz CT molecular complexity index is 842. The van der Waals surface area contributed by atoms with Crippen molar-refractivity contribution in [1.82, 2.24) is 0 Å². The van der Waals surface area contributed by atoms with Crippen LogP contribution in [0.4, 0.5) is 5.69 Å². The van der Waals surface area contributed by atoms with Crippen molar-refractivity contribution in [3.8, 4) is 11.5 Å². The van der Waals surface area contributed by atoms with Crippen molar-refractivity contribution in [3.63, 3.8) is 0 Å². The van der Waals surface area contributed by atoms with E-state index in [2.05, 4.69) is 5.32 Å². The van der Waals surface area contributed by atoms with Crippen LogP contribution in [0.3, 0.4) is 0 Å². The third-order valence-corrected chi connectivity index (χ3v) is 5.89. The summed E-state index contributed by atoms with van der Waals surface area (Å²) in [5.41, 5.74) is 0.592. The number of anilines is 1. The van der Waals surface area contributed by atoms with Crippen LogP contribution in [0.15, 0.2) is 35.7 Å². The molecule has 1 aromatic heterocycles. The predicted octanol–water partition coefficient (Wildman–Crippen LogP) is 4.29. The Morgan fingerprint density at radius 2 is 1.93 bits per heavy atom. The number of carbonyl (C=O) groups is 2. The molecule has 0 atom stereocenters. The van der Waals surface area contributed by atoms with Gasteiger partial charge >= 0.3 is 5.97 Å². The molecule has 6 nitrogen and oxygen atoms in total. The molecular formula is C21H23NO5S. The molecule has 1 aromatic carbocycles. The van der Waals surface area contributed by atoms with Gasteiger partial charge in [-0.05, 0) is 42.8 Å². The van der Waals surface area contributed by atoms with Gasteiger partial charge in [0.25, 0.3) is 11.7 Å². The molecule has 1 saturated carbocycles. The molecule has 1 aliphatic heterocycles. The average Bonchev–Trinajstić information content (AvgIpc) is 3.32. The van der Waals surface area contributed by atoms with E-state index in [4.69, 9.17) is 14.2 Å². The van der Waals surface area contributed by atoms with Crippen LogP contribution in [-0.2, 0) is 20.7 Å². The first-order chi connectivity index (χ1) is 13.6. The first kappa shape index (κ1) is 18.8. The Morgan fingerprint density at radius 1 is 1.11 bits per heavy atom. The van der Waals surface area contributed by atoms with Crippen LogP contribution in [0.2, 0.25) is 0 Å². The van der Waals surface area contributed by atoms with Crippen molar-refractivity contribution < 1.29 is 23.8 Å². The SMILES string of the molecule is O=C(COC(=O)CCc1cccs1)Nc1ccc2c(c1)OC1(CCCCC1)O2. The van der Waals surface area contributed by atoms with E-state index in [1.54, 1.807) is 29.5 Å². The van der Waals surface area contributed by atoms with Crippen molar-refractivity contribution in [3.05, 3.63) is 40.6 Å². The van der Waals surface area contributed by atoms with Crippen molar-refractivity contribution >= 4 is 28.9 Å². The summed E-state index contributed by atoms with van der Waals surface area (Å²) in [6.45, 7) is -0.304. The zero-order valence-corrected chi connectivity index (χ0v) is 16.4. The maximum absolute atomic E-state index is 12.1. The number of thiophene rings is 1. The highest BCUT2D eigenvalue weighted by Crippen LogP contribution is 2.46. The van der Waals surface area contributed by atoms with Crippen LogP contribution in [0.5, 0.6) is 11.5 Å². The number of amides is 1. The number of fused-ring (bicyclic) bond motifs is 1. The molecule has 2 aromatic rings. The maximum Gasteiger partial charge on any atom is 0.306 e. The largest absolute Gasteiger partial charge is 0.456 e. The van der Waals surface area contributed by atoms with Crippen molar-refractivity contribution in [1.29, 1.82) is 0 Å². The van der Waals surface area contributed by atoms with Crippen LogP contribution in [-0.4, -0.2) is 24.3 Å². The van der Waals surface area contributed by atoms with Crippen molar-refractivity contribution in [2.75, 3.05) is 11.9 Å². The summed E-state index contributed by atoms with van der Waals surface area (Å²) in [6.07, 6.45) is 6.04. The fourth-order valence-electron chi connectivity index (χ4n) is 3.56. The number of benzene rings is 1. The molecule has 1 aliphatic carbocycles. The number of carbonyl (C=O) groups excluding carboxylic acids is 2. The van der Waals surface area contributed by atoms with Gasteiger partial charge in [0.15, 0.2) is 18.1 Å². The minimum Gasteiger partial charge on any atom is -0.456 e. The van der Waals surface area contributed by atoms with Gasteiger partial charge in [0.1, 0.15) is 0 Å². The molecule has 2 aliphatic rings. The molecule has 4 rings (SSSR count). The lowest BCUT2D eigenvalue weighted by Crippen LogP contribution is -2.40. The van der Waals surface area contributed by atoms with Crippen molar-refractivity contribution in [2.24, 2.45) is 0 Å². The maximum atomic E-state index is 12.1. The lowest BCUT2D eigenvalue weighted by atomic mass is 9.94. The predicted molar refractivity (Wildman–Crippen MR) is 106 cm³/mol. The van der Waals surface area contributed by atoms with E-state index in [1.807, 2.05) is 17.5 Å². The third kappa shape index (κ3) is 4.47. The van der Waals surface area contributed by atoms with Gasteiger partial charge in [0.05, 0.1) is 6.42 Å². The van der Waals surface area contributed by atoms with Crippen LogP contribution < -0.4 is 14.8 Å². The molecule has 7 heteroatoms. The number of aryl methyl sites for hydroxylation is 1. The highest BCUT2D eigenvalue weighted by Gasteiger charge is 2.42. The van der Waals surface area contributed by atoms with Gasteiger partial charge in [-0.3, -0.25) is 9.59 Å². The Morgan fingerprint density at radius 3 is 2.71 bits per heavy atom. The lowest BCUT2D eigenvalue weighted by Gasteiger charge is -2.31. The molecule has 1 fully saturated rings. The second-order valence-corrected chi connectivity index (χ2v) is 8.16. The fourth-order valence-corrected chi connectivity index (χ4v) is 4.27. The molecule has 0 bridgehead atoms. The highest BCUT2D eigenvalue weighted by molar-refractivity contribution is 7.09. The summed E-state index contributed by atoms with van der Waals surface area (Å²) in [5.74, 6) is 0.0538. The summed E-state index contributed by atoms with van der Waals surface area (Å²) in [7, 11) is 0. The summed E-state index contributed by atoms with van der Waals surface area (Å²) in [4.78, 5) is 25.0. The summed E-state index contributed by atoms with van der Waals surface area (Å²) in [6, 6.07) is 9.25. The van der Waals surface area contributed by atoms with Gasteiger partial charge in [-0.2, -0.15) is 0 Å². The summed E-state index contributed by atoms with van der Waals surface area (Å²) < 4.78 is 17.1. The minimum absolute atomic E-state index is 0.264. The number of ether oxygens (including phenoxy) is 3. The molecule has 2 heterocycles. The van der Waals surface area contributed by atoms with Gasteiger partial charge in [0.2, 0.25) is 0 Å². The molecule has 1 N–H and O–H groups in total. The first-order valence-corrected chi connectivity index (χ1v) is 10.5. The fraction of sp³-hybridized carbons (Fsp3) is 0.429. The molecule has 0 saturated heterocycles. The van der Waals surface area contributed by atoms with Crippen LogP contribution in [0.25, 0.3) is 0 Å². The van der Waals surface area contributed by atoms with Gasteiger partial charge in [0, 0.05) is 29.5 Å². The second kappa shape index (κ2) is 8.22. The zero-order valence-electron chi connectivity index (χ0n) is 15.6. The van der Waals surface area contributed by atoms with E-state index in [0.29, 0.717) is 23.6 Å². The van der Waals surface area contributed by atoms with Gasteiger partial charge in [-0.1, -0.05) is 12.5 Å². The Kier molecular flexibility index (Phi) is 5.52. The molecule has 0 radical (unpaired) electrons. The van der Waals surface area contributed by atoms with Crippen LogP contribution in [0.1, 0.15) is 43.4 Å². The van der Waals surface area contributed by atoms with Crippen LogP contribution >= 0.6 is 11.3 Å². The number of hydrogen-bond acceptors (Lipinski definition) is 6. The molecule has 1 spiro atoms. The molecule has 148 valence electrons. The van der Waals surface area contributed by atoms with Gasteiger partial charge in [-0.25, -0.2) is 0 Å². The number of rotatable bonds is 6. The Labute approximate surface area is 167 Å². The number of hydrogen-bond donors (Lipinski definition) is 1. The topological polar surface area (TPSA) is 73.9 Å². The molecule has 28 heavy (non-hydrogen) atoms. The Balaban J connectivity index is 1.25. The van der Waals surface area contributed by atoms with Gasteiger partial charge in [-0.15, -0.1) is 11.3 Å². The summed E-state index contributed by atoms with van der Waals surface area (Å²) >= 11 is 1.60. The quantitative estimate of drug-likeness (QED) is 0.731. The highest BCUT2D eigenvalue weighted by atomic mass is 32.1. The van der Waals surface area contributed by atoms with E-state index in [9.17, 15) is 9.59 Å². The molecular weight excluding hydrogens is 378 g/mol. The zero-order chi connectivity index (χ0) is 19.4. The minimum atomic E-state index is -0.540. The first-order valence-electron chi connectivity index (χ1n) is 9.62. The van der Waals surface area contributed by atoms with E-state index >= 15 is 0 Å². The molecule has 0 unspecified atom stereocenters. The van der Waals surface area contributed by atoms with E-state index in [1.165, 1.54) is 6.42 Å². The smallest absolute Gasteiger partial charge is 0.306 e. The van der Waals surface area contributed by atoms with E-state index in [-0.39, 0.29) is 24.9 Å². The number of nitrogens with one attached hydrogen (secondary N) is 1. The van der Waals surface area contributed by atoms with Crippen LogP contribution in [0, 0.1) is 0 Å². The normalized spacial score (nSPS) is 16.7. The third-order valence-electron chi connectivity index (χ3n) is 4.95. The van der Waals surface area contributed by atoms with E-state index in [0.717, 1.165) is 30.6 Å². The monoisotopic (exact) mass is 401 g/mol.